The fraction of sp³-hybridized carbons (Fsp3) is 0.929. The summed E-state index contributed by atoms with van der Waals surface area (Å²) in [4.78, 5) is 14.4. The van der Waals surface area contributed by atoms with Gasteiger partial charge in [0.2, 0.25) is 5.91 Å². The van der Waals surface area contributed by atoms with Gasteiger partial charge in [0, 0.05) is 25.0 Å². The number of carbonyl (C=O) groups excluding carboxylic acids is 1. The minimum absolute atomic E-state index is 0. The van der Waals surface area contributed by atoms with E-state index in [9.17, 15) is 4.79 Å². The molecule has 2 aliphatic rings. The molecule has 0 bridgehead atoms. The summed E-state index contributed by atoms with van der Waals surface area (Å²) >= 11 is 0. The predicted octanol–water partition coefficient (Wildman–Crippen LogP) is 2.72. The zero-order valence-electron chi connectivity index (χ0n) is 11.4. The Hall–Kier alpha value is -0.280. The molecule has 2 rings (SSSR count). The Labute approximate surface area is 117 Å². The van der Waals surface area contributed by atoms with Crippen LogP contribution in [0.2, 0.25) is 0 Å². The van der Waals surface area contributed by atoms with Gasteiger partial charge in [0.25, 0.3) is 0 Å². The first-order chi connectivity index (χ1) is 8.22. The van der Waals surface area contributed by atoms with Crippen LogP contribution in [0.1, 0.15) is 58.3 Å². The van der Waals surface area contributed by atoms with Crippen LogP contribution in [0, 0.1) is 5.92 Å². The van der Waals surface area contributed by atoms with Crippen molar-refractivity contribution in [1.82, 2.24) is 4.90 Å². The molecule has 18 heavy (non-hydrogen) atoms. The molecular weight excluding hydrogens is 248 g/mol. The van der Waals surface area contributed by atoms with Crippen LogP contribution in [0.5, 0.6) is 0 Å². The van der Waals surface area contributed by atoms with Crippen molar-refractivity contribution in [3.05, 3.63) is 0 Å². The average Bonchev–Trinajstić information content (AvgIpc) is 3.15. The third-order valence-corrected chi connectivity index (χ3v) is 4.31. The lowest BCUT2D eigenvalue weighted by Gasteiger charge is -2.30. The maximum atomic E-state index is 12.3. The van der Waals surface area contributed by atoms with Crippen LogP contribution < -0.4 is 5.73 Å². The highest BCUT2D eigenvalue weighted by molar-refractivity contribution is 5.85. The van der Waals surface area contributed by atoms with E-state index in [4.69, 9.17) is 5.73 Å². The van der Waals surface area contributed by atoms with Crippen LogP contribution in [0.15, 0.2) is 0 Å². The van der Waals surface area contributed by atoms with Gasteiger partial charge in [-0.25, -0.2) is 0 Å². The molecule has 1 aliphatic carbocycles. The fourth-order valence-corrected chi connectivity index (χ4v) is 2.94. The zero-order chi connectivity index (χ0) is 12.3. The quantitative estimate of drug-likeness (QED) is 0.857. The second-order valence-corrected chi connectivity index (χ2v) is 5.70. The Kier molecular flexibility index (Phi) is 6.44. The van der Waals surface area contributed by atoms with Crippen molar-refractivity contribution in [2.75, 3.05) is 6.54 Å². The molecule has 2 atom stereocenters. The van der Waals surface area contributed by atoms with Crippen LogP contribution in [0.4, 0.5) is 0 Å². The van der Waals surface area contributed by atoms with E-state index < -0.39 is 0 Å². The van der Waals surface area contributed by atoms with Gasteiger partial charge in [-0.3, -0.25) is 4.79 Å². The molecule has 106 valence electrons. The first-order valence-corrected chi connectivity index (χ1v) is 7.27. The maximum Gasteiger partial charge on any atom is 0.224 e. The molecule has 0 radical (unpaired) electrons. The zero-order valence-corrected chi connectivity index (χ0v) is 12.3. The summed E-state index contributed by atoms with van der Waals surface area (Å²) in [6, 6.07) is 0.583. The minimum atomic E-state index is 0. The number of hydrogen-bond acceptors (Lipinski definition) is 2. The van der Waals surface area contributed by atoms with Crippen LogP contribution in [0.3, 0.4) is 0 Å². The maximum absolute atomic E-state index is 12.3. The Morgan fingerprint density at radius 3 is 2.61 bits per heavy atom. The summed E-state index contributed by atoms with van der Waals surface area (Å²) in [7, 11) is 0. The molecule has 0 aromatic heterocycles. The van der Waals surface area contributed by atoms with E-state index in [1.54, 1.807) is 0 Å². The van der Waals surface area contributed by atoms with E-state index >= 15 is 0 Å². The highest BCUT2D eigenvalue weighted by Gasteiger charge is 2.32. The Bertz CT molecular complexity index is 269. The number of nitrogens with two attached hydrogens (primary N) is 1. The van der Waals surface area contributed by atoms with Crippen molar-refractivity contribution in [3.8, 4) is 0 Å². The number of rotatable bonds is 4. The molecule has 0 spiro atoms. The Morgan fingerprint density at radius 1 is 1.28 bits per heavy atom. The van der Waals surface area contributed by atoms with E-state index in [2.05, 4.69) is 11.8 Å². The summed E-state index contributed by atoms with van der Waals surface area (Å²) in [5.41, 5.74) is 6.07. The van der Waals surface area contributed by atoms with Gasteiger partial charge >= 0.3 is 0 Å². The summed E-state index contributed by atoms with van der Waals surface area (Å²) in [5.74, 6) is 0.934. The van der Waals surface area contributed by atoms with E-state index in [1.165, 1.54) is 38.5 Å². The first-order valence-electron chi connectivity index (χ1n) is 7.27. The number of nitrogens with zero attached hydrogens (tertiary/aromatic N) is 1. The molecule has 1 aliphatic heterocycles. The van der Waals surface area contributed by atoms with Crippen molar-refractivity contribution in [1.29, 1.82) is 0 Å². The summed E-state index contributed by atoms with van der Waals surface area (Å²) < 4.78 is 0. The predicted molar refractivity (Wildman–Crippen MR) is 76.8 cm³/mol. The second-order valence-electron chi connectivity index (χ2n) is 5.70. The summed E-state index contributed by atoms with van der Waals surface area (Å²) in [6.45, 7) is 3.14. The van der Waals surface area contributed by atoms with Crippen molar-refractivity contribution < 1.29 is 4.79 Å². The van der Waals surface area contributed by atoms with Crippen LogP contribution in [0.25, 0.3) is 0 Å². The Morgan fingerprint density at radius 2 is 2.00 bits per heavy atom. The van der Waals surface area contributed by atoms with Gasteiger partial charge in [-0.2, -0.15) is 0 Å². The standard InChI is InChI=1S/C14H26N2O.ClH/c1-2-12-6-4-3-5-9-16(12)14(17)10-13(15)11-7-8-11;/h11-13H,2-10,15H2,1H3;1H. The van der Waals surface area contributed by atoms with Gasteiger partial charge in [-0.1, -0.05) is 19.8 Å². The SMILES string of the molecule is CCC1CCCCCN1C(=O)CC(N)C1CC1.Cl. The van der Waals surface area contributed by atoms with Gasteiger partial charge in [0.1, 0.15) is 0 Å². The number of halogens is 1. The van der Waals surface area contributed by atoms with E-state index in [1.807, 2.05) is 0 Å². The highest BCUT2D eigenvalue weighted by Crippen LogP contribution is 2.33. The molecule has 3 nitrogen and oxygen atoms in total. The lowest BCUT2D eigenvalue weighted by atomic mass is 10.1. The lowest BCUT2D eigenvalue weighted by molar-refractivity contribution is -0.134. The fourth-order valence-electron chi connectivity index (χ4n) is 2.94. The van der Waals surface area contributed by atoms with Crippen molar-refractivity contribution in [2.24, 2.45) is 11.7 Å². The molecule has 1 saturated carbocycles. The van der Waals surface area contributed by atoms with Crippen LogP contribution in [-0.2, 0) is 4.79 Å². The summed E-state index contributed by atoms with van der Waals surface area (Å²) in [5, 5.41) is 0. The number of likely N-dealkylation sites (tertiary alicyclic amines) is 1. The monoisotopic (exact) mass is 274 g/mol. The van der Waals surface area contributed by atoms with Crippen LogP contribution >= 0.6 is 12.4 Å². The largest absolute Gasteiger partial charge is 0.340 e. The number of hydrogen-bond donors (Lipinski definition) is 1. The Balaban J connectivity index is 0.00000162. The second kappa shape index (κ2) is 7.34. The van der Waals surface area contributed by atoms with E-state index in [0.29, 0.717) is 24.3 Å². The van der Waals surface area contributed by atoms with Gasteiger partial charge in [0.05, 0.1) is 0 Å². The van der Waals surface area contributed by atoms with Gasteiger partial charge in [0.15, 0.2) is 0 Å². The average molecular weight is 275 g/mol. The molecule has 4 heteroatoms. The summed E-state index contributed by atoms with van der Waals surface area (Å²) in [6.07, 6.45) is 9.01. The molecule has 1 heterocycles. The molecule has 2 unspecified atom stereocenters. The van der Waals surface area contributed by atoms with E-state index in [-0.39, 0.29) is 18.4 Å². The van der Waals surface area contributed by atoms with Gasteiger partial charge in [-0.05, 0) is 38.0 Å². The third-order valence-electron chi connectivity index (χ3n) is 4.31. The van der Waals surface area contributed by atoms with Gasteiger partial charge < -0.3 is 10.6 Å². The van der Waals surface area contributed by atoms with Crippen molar-refractivity contribution >= 4 is 18.3 Å². The topological polar surface area (TPSA) is 46.3 Å². The van der Waals surface area contributed by atoms with Crippen molar-refractivity contribution in [2.45, 2.75) is 70.4 Å². The number of carbonyl (C=O) groups is 1. The van der Waals surface area contributed by atoms with E-state index in [0.717, 1.165) is 13.0 Å². The lowest BCUT2D eigenvalue weighted by Crippen LogP contribution is -2.42. The molecule has 0 aromatic carbocycles. The minimum Gasteiger partial charge on any atom is -0.340 e. The van der Waals surface area contributed by atoms with Crippen LogP contribution in [-0.4, -0.2) is 29.4 Å². The molecule has 2 fully saturated rings. The first kappa shape index (κ1) is 15.8. The number of amides is 1. The van der Waals surface area contributed by atoms with Gasteiger partial charge in [-0.15, -0.1) is 12.4 Å². The van der Waals surface area contributed by atoms with Crippen molar-refractivity contribution in [3.63, 3.8) is 0 Å². The third kappa shape index (κ3) is 4.13. The molecule has 1 saturated heterocycles. The highest BCUT2D eigenvalue weighted by atomic mass is 35.5. The molecule has 0 aromatic rings. The molecule has 1 amide bonds. The smallest absolute Gasteiger partial charge is 0.224 e. The molecule has 2 N–H and O–H groups in total. The normalized spacial score (nSPS) is 26.1. The molecular formula is C14H27ClN2O.